The highest BCUT2D eigenvalue weighted by molar-refractivity contribution is 7.91. The largest absolute Gasteiger partial charge is 0.353 e. The normalized spacial score (nSPS) is 13.3. The number of halogens is 1. The third kappa shape index (κ3) is 5.75. The van der Waals surface area contributed by atoms with Crippen molar-refractivity contribution in [1.29, 1.82) is 0 Å². The second kappa shape index (κ2) is 9.59. The minimum atomic E-state index is -3.37. The van der Waals surface area contributed by atoms with Gasteiger partial charge in [0.25, 0.3) is 0 Å². The number of nitrogens with one attached hydrogen (secondary N) is 2. The Morgan fingerprint density at radius 1 is 1.12 bits per heavy atom. The van der Waals surface area contributed by atoms with Gasteiger partial charge >= 0.3 is 0 Å². The SMILES string of the molecule is CCC(CS(=O)(=O)c1ccccc1)NC(=NC)NCc1ccccc1Cl. The van der Waals surface area contributed by atoms with Crippen LogP contribution in [0.3, 0.4) is 0 Å². The Labute approximate surface area is 160 Å². The van der Waals surface area contributed by atoms with E-state index in [1.54, 1.807) is 37.4 Å². The van der Waals surface area contributed by atoms with E-state index >= 15 is 0 Å². The fourth-order valence-electron chi connectivity index (χ4n) is 2.46. The number of guanidine groups is 1. The zero-order chi connectivity index (χ0) is 19.0. The van der Waals surface area contributed by atoms with Crippen LogP contribution in [0.25, 0.3) is 0 Å². The van der Waals surface area contributed by atoms with Gasteiger partial charge in [-0.2, -0.15) is 0 Å². The number of nitrogens with zero attached hydrogens (tertiary/aromatic N) is 1. The fraction of sp³-hybridized carbons (Fsp3) is 0.316. The first-order valence-corrected chi connectivity index (χ1v) is 10.5. The molecule has 1 unspecified atom stereocenters. The van der Waals surface area contributed by atoms with Crippen LogP contribution in [0, 0.1) is 0 Å². The van der Waals surface area contributed by atoms with Crippen molar-refractivity contribution in [1.82, 2.24) is 10.6 Å². The van der Waals surface area contributed by atoms with Crippen LogP contribution in [-0.2, 0) is 16.4 Å². The molecule has 2 N–H and O–H groups in total. The molecule has 0 saturated carbocycles. The molecule has 0 saturated heterocycles. The molecule has 0 aromatic heterocycles. The summed E-state index contributed by atoms with van der Waals surface area (Å²) in [5.74, 6) is 0.542. The topological polar surface area (TPSA) is 70.6 Å². The number of hydrogen-bond acceptors (Lipinski definition) is 3. The van der Waals surface area contributed by atoms with Gasteiger partial charge in [0.05, 0.1) is 10.6 Å². The molecule has 140 valence electrons. The summed E-state index contributed by atoms with van der Waals surface area (Å²) in [5.41, 5.74) is 0.946. The number of sulfone groups is 1. The minimum Gasteiger partial charge on any atom is -0.353 e. The molecule has 0 amide bonds. The number of hydrogen-bond donors (Lipinski definition) is 2. The Morgan fingerprint density at radius 3 is 2.38 bits per heavy atom. The summed E-state index contributed by atoms with van der Waals surface area (Å²) in [4.78, 5) is 4.51. The van der Waals surface area contributed by atoms with E-state index in [9.17, 15) is 8.42 Å². The highest BCUT2D eigenvalue weighted by Crippen LogP contribution is 2.14. The van der Waals surface area contributed by atoms with Crippen molar-refractivity contribution in [3.8, 4) is 0 Å². The molecule has 0 aliphatic heterocycles. The Kier molecular flexibility index (Phi) is 7.48. The molecule has 2 rings (SSSR count). The van der Waals surface area contributed by atoms with Gasteiger partial charge in [0.15, 0.2) is 15.8 Å². The van der Waals surface area contributed by atoms with Crippen molar-refractivity contribution >= 4 is 27.4 Å². The van der Waals surface area contributed by atoms with Gasteiger partial charge in [-0.25, -0.2) is 8.42 Å². The zero-order valence-corrected chi connectivity index (χ0v) is 16.5. The van der Waals surface area contributed by atoms with Crippen molar-refractivity contribution in [3.63, 3.8) is 0 Å². The van der Waals surface area contributed by atoms with E-state index in [0.29, 0.717) is 28.8 Å². The Morgan fingerprint density at radius 2 is 1.77 bits per heavy atom. The number of aliphatic imine (C=N–C) groups is 1. The molecule has 0 heterocycles. The molecular weight excluding hydrogens is 370 g/mol. The first-order valence-electron chi connectivity index (χ1n) is 8.44. The van der Waals surface area contributed by atoms with Gasteiger partial charge in [-0.15, -0.1) is 0 Å². The van der Waals surface area contributed by atoms with Crippen LogP contribution in [0.4, 0.5) is 0 Å². The van der Waals surface area contributed by atoms with Gasteiger partial charge in [-0.05, 0) is 30.2 Å². The van der Waals surface area contributed by atoms with E-state index in [0.717, 1.165) is 5.56 Å². The Bertz CT molecular complexity index is 839. The van der Waals surface area contributed by atoms with Crippen molar-refractivity contribution in [2.75, 3.05) is 12.8 Å². The molecule has 0 aliphatic carbocycles. The van der Waals surface area contributed by atoms with Crippen molar-refractivity contribution < 1.29 is 8.42 Å². The third-order valence-electron chi connectivity index (χ3n) is 3.98. The highest BCUT2D eigenvalue weighted by Gasteiger charge is 2.20. The van der Waals surface area contributed by atoms with Gasteiger partial charge in [0.1, 0.15) is 0 Å². The van der Waals surface area contributed by atoms with E-state index in [4.69, 9.17) is 11.6 Å². The second-order valence-electron chi connectivity index (χ2n) is 5.86. The average Bonchev–Trinajstić information content (AvgIpc) is 2.66. The van der Waals surface area contributed by atoms with Crippen LogP contribution >= 0.6 is 11.6 Å². The number of benzene rings is 2. The summed E-state index contributed by atoms with van der Waals surface area (Å²) in [6.07, 6.45) is 0.652. The lowest BCUT2D eigenvalue weighted by atomic mass is 10.2. The monoisotopic (exact) mass is 393 g/mol. The fourth-order valence-corrected chi connectivity index (χ4v) is 4.27. The molecule has 1 atom stereocenters. The summed E-state index contributed by atoms with van der Waals surface area (Å²) in [5, 5.41) is 7.04. The quantitative estimate of drug-likeness (QED) is 0.559. The van der Waals surface area contributed by atoms with E-state index < -0.39 is 9.84 Å². The molecule has 5 nitrogen and oxygen atoms in total. The predicted molar refractivity (Wildman–Crippen MR) is 107 cm³/mol. The first-order chi connectivity index (χ1) is 12.5. The lowest BCUT2D eigenvalue weighted by molar-refractivity contribution is 0.568. The second-order valence-corrected chi connectivity index (χ2v) is 8.30. The van der Waals surface area contributed by atoms with Gasteiger partial charge in [0, 0.05) is 24.7 Å². The molecule has 0 radical (unpaired) electrons. The maximum atomic E-state index is 12.6. The predicted octanol–water partition coefficient (Wildman–Crippen LogP) is 3.26. The molecule has 0 aliphatic rings. The standard InChI is InChI=1S/C19H24ClN3O2S/c1-3-16(14-26(24,25)17-10-5-4-6-11-17)23-19(21-2)22-13-15-9-7-8-12-18(15)20/h4-12,16H,3,13-14H2,1-2H3,(H2,21,22,23). The van der Waals surface area contributed by atoms with Crippen molar-refractivity contribution in [3.05, 3.63) is 65.2 Å². The molecule has 2 aromatic rings. The summed E-state index contributed by atoms with van der Waals surface area (Å²) >= 11 is 6.16. The van der Waals surface area contributed by atoms with Crippen LogP contribution in [-0.4, -0.2) is 33.2 Å². The highest BCUT2D eigenvalue weighted by atomic mass is 35.5. The minimum absolute atomic E-state index is 0.000304. The molecule has 0 bridgehead atoms. The van der Waals surface area contributed by atoms with Crippen LogP contribution in [0.2, 0.25) is 5.02 Å². The van der Waals surface area contributed by atoms with Crippen LogP contribution in [0.5, 0.6) is 0 Å². The molecular formula is C19H24ClN3O2S. The number of rotatable bonds is 7. The van der Waals surface area contributed by atoms with Gasteiger partial charge in [-0.1, -0.05) is 54.9 Å². The first kappa shape index (κ1) is 20.3. The maximum Gasteiger partial charge on any atom is 0.191 e. The van der Waals surface area contributed by atoms with Crippen molar-refractivity contribution in [2.45, 2.75) is 30.8 Å². The van der Waals surface area contributed by atoms with Crippen LogP contribution in [0.15, 0.2) is 64.5 Å². The molecule has 0 spiro atoms. The average molecular weight is 394 g/mol. The van der Waals surface area contributed by atoms with E-state index in [1.807, 2.05) is 31.2 Å². The molecule has 0 fully saturated rings. The lowest BCUT2D eigenvalue weighted by Gasteiger charge is -2.20. The van der Waals surface area contributed by atoms with Gasteiger partial charge in [0.2, 0.25) is 0 Å². The Balaban J connectivity index is 2.00. The van der Waals surface area contributed by atoms with Crippen LogP contribution in [0.1, 0.15) is 18.9 Å². The zero-order valence-electron chi connectivity index (χ0n) is 14.9. The van der Waals surface area contributed by atoms with E-state index in [1.165, 1.54) is 0 Å². The van der Waals surface area contributed by atoms with Gasteiger partial charge in [-0.3, -0.25) is 4.99 Å². The summed E-state index contributed by atoms with van der Waals surface area (Å²) < 4.78 is 25.2. The summed E-state index contributed by atoms with van der Waals surface area (Å²) in [6.45, 7) is 2.45. The van der Waals surface area contributed by atoms with Crippen LogP contribution < -0.4 is 10.6 Å². The lowest BCUT2D eigenvalue weighted by Crippen LogP contribution is -2.45. The molecule has 26 heavy (non-hydrogen) atoms. The summed E-state index contributed by atoms with van der Waals surface area (Å²) in [6, 6.07) is 15.8. The maximum absolute atomic E-state index is 12.6. The molecule has 2 aromatic carbocycles. The van der Waals surface area contributed by atoms with E-state index in [2.05, 4.69) is 15.6 Å². The molecule has 7 heteroatoms. The smallest absolute Gasteiger partial charge is 0.191 e. The van der Waals surface area contributed by atoms with Gasteiger partial charge < -0.3 is 10.6 Å². The Hall–Kier alpha value is -2.05. The third-order valence-corrected chi connectivity index (χ3v) is 6.18. The van der Waals surface area contributed by atoms with E-state index in [-0.39, 0.29) is 11.8 Å². The summed E-state index contributed by atoms with van der Waals surface area (Å²) in [7, 11) is -1.71. The van der Waals surface area contributed by atoms with Crippen molar-refractivity contribution in [2.24, 2.45) is 4.99 Å².